The molecule has 0 aromatic carbocycles. The molecule has 0 atom stereocenters. The maximum atomic E-state index is 11.9. The van der Waals surface area contributed by atoms with E-state index in [1.165, 1.54) is 6.42 Å². The number of hydrogen-bond acceptors (Lipinski definition) is 3. The van der Waals surface area contributed by atoms with Gasteiger partial charge in [0.25, 0.3) is 0 Å². The van der Waals surface area contributed by atoms with E-state index in [2.05, 4.69) is 26.1 Å². The van der Waals surface area contributed by atoms with Crippen molar-refractivity contribution in [1.29, 1.82) is 0 Å². The highest BCUT2D eigenvalue weighted by Gasteiger charge is 2.26. The van der Waals surface area contributed by atoms with Crippen LogP contribution in [0.1, 0.15) is 60.8 Å². The monoisotopic (exact) mass is 284 g/mol. The summed E-state index contributed by atoms with van der Waals surface area (Å²) in [5, 5.41) is 3.61. The zero-order chi connectivity index (χ0) is 15.4. The second kappa shape index (κ2) is 6.79. The Labute approximate surface area is 124 Å². The largest absolute Gasteiger partial charge is 0.444 e. The van der Waals surface area contributed by atoms with E-state index in [1.807, 2.05) is 25.7 Å². The van der Waals surface area contributed by atoms with Gasteiger partial charge in [-0.15, -0.1) is 0 Å². The van der Waals surface area contributed by atoms with Gasteiger partial charge in [0.05, 0.1) is 0 Å². The minimum absolute atomic E-state index is 0.175. The first-order chi connectivity index (χ1) is 9.07. The Kier molecular flexibility index (Phi) is 5.87. The Balaban J connectivity index is 2.25. The van der Waals surface area contributed by atoms with Crippen LogP contribution in [0, 0.1) is 5.41 Å². The van der Waals surface area contributed by atoms with Crippen LogP contribution in [0.3, 0.4) is 0 Å². The van der Waals surface area contributed by atoms with Gasteiger partial charge in [-0.1, -0.05) is 20.8 Å². The van der Waals surface area contributed by atoms with E-state index in [1.54, 1.807) is 0 Å². The fourth-order valence-electron chi connectivity index (χ4n) is 2.24. The van der Waals surface area contributed by atoms with Crippen LogP contribution >= 0.6 is 0 Å². The third-order valence-corrected chi connectivity index (χ3v) is 3.45. The van der Waals surface area contributed by atoms with Crippen LogP contribution in [0.15, 0.2) is 0 Å². The molecule has 1 aliphatic heterocycles. The number of carbonyl (C=O) groups is 1. The first kappa shape index (κ1) is 17.3. The predicted molar refractivity (Wildman–Crippen MR) is 82.9 cm³/mol. The highest BCUT2D eigenvalue weighted by Crippen LogP contribution is 2.19. The van der Waals surface area contributed by atoms with Gasteiger partial charge in [-0.3, -0.25) is 0 Å². The molecule has 1 rings (SSSR count). The maximum Gasteiger partial charge on any atom is 0.410 e. The summed E-state index contributed by atoms with van der Waals surface area (Å²) in [6.07, 6.45) is 3.04. The Bertz CT molecular complexity index is 307. The number of piperidine rings is 1. The minimum Gasteiger partial charge on any atom is -0.444 e. The van der Waals surface area contributed by atoms with Crippen LogP contribution in [0.25, 0.3) is 0 Å². The van der Waals surface area contributed by atoms with Gasteiger partial charge in [-0.05, 0) is 52.0 Å². The van der Waals surface area contributed by atoms with Gasteiger partial charge >= 0.3 is 6.09 Å². The Hall–Kier alpha value is -0.770. The summed E-state index contributed by atoms with van der Waals surface area (Å²) in [5.41, 5.74) is -0.0247. The molecule has 0 spiro atoms. The van der Waals surface area contributed by atoms with E-state index in [-0.39, 0.29) is 6.09 Å². The van der Waals surface area contributed by atoms with Gasteiger partial charge in [0.1, 0.15) is 5.60 Å². The summed E-state index contributed by atoms with van der Waals surface area (Å²) in [6, 6.07) is 0.538. The smallest absolute Gasteiger partial charge is 0.410 e. The standard InChI is InChI=1S/C16H32N2O2/c1-15(2,3)9-10-17-13-7-11-18(12-8-13)14(19)20-16(4,5)6/h13,17H,7-12H2,1-6H3. The zero-order valence-corrected chi connectivity index (χ0v) is 14.1. The lowest BCUT2D eigenvalue weighted by Crippen LogP contribution is -2.46. The van der Waals surface area contributed by atoms with Crippen molar-refractivity contribution in [2.75, 3.05) is 19.6 Å². The molecular weight excluding hydrogens is 252 g/mol. The van der Waals surface area contributed by atoms with Crippen LogP contribution in [0.5, 0.6) is 0 Å². The van der Waals surface area contributed by atoms with E-state index in [0.29, 0.717) is 11.5 Å². The van der Waals surface area contributed by atoms with Crippen molar-refractivity contribution in [3.8, 4) is 0 Å². The van der Waals surface area contributed by atoms with Gasteiger partial charge in [-0.25, -0.2) is 4.79 Å². The van der Waals surface area contributed by atoms with Crippen molar-refractivity contribution in [2.45, 2.75) is 72.4 Å². The highest BCUT2D eigenvalue weighted by atomic mass is 16.6. The number of likely N-dealkylation sites (tertiary alicyclic amines) is 1. The predicted octanol–water partition coefficient (Wildman–Crippen LogP) is 3.41. The van der Waals surface area contributed by atoms with Crippen molar-refractivity contribution in [3.05, 3.63) is 0 Å². The summed E-state index contributed by atoms with van der Waals surface area (Å²) in [7, 11) is 0. The second-order valence-electron chi connectivity index (χ2n) is 8.01. The molecule has 1 aliphatic rings. The number of nitrogens with one attached hydrogen (secondary N) is 1. The average Bonchev–Trinajstić information content (AvgIpc) is 2.25. The van der Waals surface area contributed by atoms with Crippen molar-refractivity contribution >= 4 is 6.09 Å². The van der Waals surface area contributed by atoms with E-state index in [4.69, 9.17) is 4.74 Å². The topological polar surface area (TPSA) is 41.6 Å². The van der Waals surface area contributed by atoms with E-state index < -0.39 is 5.60 Å². The minimum atomic E-state index is -0.404. The Morgan fingerprint density at radius 2 is 1.70 bits per heavy atom. The molecule has 118 valence electrons. The van der Waals surface area contributed by atoms with Crippen LogP contribution in [0.4, 0.5) is 4.79 Å². The van der Waals surface area contributed by atoms with Gasteiger partial charge in [0, 0.05) is 19.1 Å². The molecule has 0 saturated carbocycles. The van der Waals surface area contributed by atoms with Crippen LogP contribution in [-0.2, 0) is 4.74 Å². The third-order valence-electron chi connectivity index (χ3n) is 3.45. The average molecular weight is 284 g/mol. The lowest BCUT2D eigenvalue weighted by atomic mass is 9.92. The molecule has 1 heterocycles. The van der Waals surface area contributed by atoms with Crippen molar-refractivity contribution < 1.29 is 9.53 Å². The lowest BCUT2D eigenvalue weighted by molar-refractivity contribution is 0.0198. The van der Waals surface area contributed by atoms with Crippen LogP contribution < -0.4 is 5.32 Å². The molecule has 1 saturated heterocycles. The molecule has 0 radical (unpaired) electrons. The van der Waals surface area contributed by atoms with Crippen molar-refractivity contribution in [2.24, 2.45) is 5.41 Å². The number of ether oxygens (including phenoxy) is 1. The summed E-state index contributed by atoms with van der Waals surface area (Å²) >= 11 is 0. The number of nitrogens with zero attached hydrogens (tertiary/aromatic N) is 1. The Morgan fingerprint density at radius 1 is 1.15 bits per heavy atom. The SMILES string of the molecule is CC(C)(C)CCNC1CCN(C(=O)OC(C)(C)C)CC1. The van der Waals surface area contributed by atoms with Gasteiger partial charge < -0.3 is 15.0 Å². The summed E-state index contributed by atoms with van der Waals surface area (Å²) < 4.78 is 5.40. The fourth-order valence-corrected chi connectivity index (χ4v) is 2.24. The lowest BCUT2D eigenvalue weighted by Gasteiger charge is -2.34. The molecule has 0 aromatic heterocycles. The normalized spacial score (nSPS) is 18.2. The summed E-state index contributed by atoms with van der Waals surface area (Å²) in [4.78, 5) is 13.8. The van der Waals surface area contributed by atoms with Crippen molar-refractivity contribution in [1.82, 2.24) is 10.2 Å². The summed E-state index contributed by atoms with van der Waals surface area (Å²) in [6.45, 7) is 15.2. The quantitative estimate of drug-likeness (QED) is 0.863. The molecule has 4 heteroatoms. The highest BCUT2D eigenvalue weighted by molar-refractivity contribution is 5.68. The number of hydrogen-bond donors (Lipinski definition) is 1. The van der Waals surface area contributed by atoms with Crippen molar-refractivity contribution in [3.63, 3.8) is 0 Å². The zero-order valence-electron chi connectivity index (χ0n) is 14.1. The molecule has 0 aliphatic carbocycles. The van der Waals surface area contributed by atoms with Crippen LogP contribution in [0.2, 0.25) is 0 Å². The van der Waals surface area contributed by atoms with Gasteiger partial charge in [0.2, 0.25) is 0 Å². The summed E-state index contributed by atoms with van der Waals surface area (Å²) in [5.74, 6) is 0. The first-order valence-corrected chi connectivity index (χ1v) is 7.78. The molecule has 20 heavy (non-hydrogen) atoms. The van der Waals surface area contributed by atoms with Gasteiger partial charge in [-0.2, -0.15) is 0 Å². The maximum absolute atomic E-state index is 11.9. The molecule has 0 aromatic rings. The number of rotatable bonds is 3. The number of carbonyl (C=O) groups excluding carboxylic acids is 1. The molecule has 1 fully saturated rings. The second-order valence-corrected chi connectivity index (χ2v) is 8.01. The first-order valence-electron chi connectivity index (χ1n) is 7.78. The molecule has 0 unspecified atom stereocenters. The van der Waals surface area contributed by atoms with E-state index >= 15 is 0 Å². The molecule has 1 amide bonds. The van der Waals surface area contributed by atoms with E-state index in [0.717, 1.165) is 32.5 Å². The number of amides is 1. The van der Waals surface area contributed by atoms with E-state index in [9.17, 15) is 4.79 Å². The van der Waals surface area contributed by atoms with Crippen LogP contribution in [-0.4, -0.2) is 42.3 Å². The molecular formula is C16H32N2O2. The van der Waals surface area contributed by atoms with Gasteiger partial charge in [0.15, 0.2) is 0 Å². The molecule has 0 bridgehead atoms. The third kappa shape index (κ3) is 7.13. The fraction of sp³-hybridized carbons (Fsp3) is 0.938. The molecule has 1 N–H and O–H groups in total. The molecule has 4 nitrogen and oxygen atoms in total. The Morgan fingerprint density at radius 3 is 2.15 bits per heavy atom.